The molecule has 2 N–H and O–H groups in total. The summed E-state index contributed by atoms with van der Waals surface area (Å²) < 4.78 is 1.90. The quantitative estimate of drug-likeness (QED) is 0.779. The lowest BCUT2D eigenvalue weighted by Crippen LogP contribution is -2.48. The molecule has 4 atom stereocenters. The molecule has 3 aliphatic rings. The van der Waals surface area contributed by atoms with E-state index in [1.54, 1.807) is 13.3 Å². The van der Waals surface area contributed by atoms with Crippen LogP contribution in [0, 0.1) is 5.92 Å². The third-order valence-corrected chi connectivity index (χ3v) is 6.99. The Hall–Kier alpha value is -2.52. The lowest BCUT2D eigenvalue weighted by Gasteiger charge is -2.35. The first kappa shape index (κ1) is 19.4. The fourth-order valence-corrected chi connectivity index (χ4v) is 5.26. The zero-order valence-corrected chi connectivity index (χ0v) is 17.7. The van der Waals surface area contributed by atoms with Gasteiger partial charge in [0.15, 0.2) is 0 Å². The second-order valence-corrected chi connectivity index (χ2v) is 8.79. The Morgan fingerprint density at radius 3 is 2.70 bits per heavy atom. The minimum Gasteiger partial charge on any atom is -0.353 e. The molecule has 0 spiro atoms. The molecular weight excluding hydrogens is 380 g/mol. The SMILES string of the molecule is CC(=O)N1CCN(c2cc(C3NNC4CCC(c5cnn(C)c5)CC43)ncn2)CC1. The summed E-state index contributed by atoms with van der Waals surface area (Å²) in [6.45, 7) is 4.74. The second-order valence-electron chi connectivity index (χ2n) is 8.79. The molecule has 2 aromatic rings. The Labute approximate surface area is 176 Å². The van der Waals surface area contributed by atoms with Gasteiger partial charge in [-0.2, -0.15) is 5.10 Å². The van der Waals surface area contributed by atoms with E-state index >= 15 is 0 Å². The molecule has 4 heterocycles. The maximum Gasteiger partial charge on any atom is 0.219 e. The number of carbonyl (C=O) groups excluding carboxylic acids is 1. The molecule has 4 unspecified atom stereocenters. The molecule has 9 nitrogen and oxygen atoms in total. The zero-order chi connectivity index (χ0) is 20.7. The summed E-state index contributed by atoms with van der Waals surface area (Å²) >= 11 is 0. The van der Waals surface area contributed by atoms with Crippen LogP contribution in [-0.4, -0.2) is 62.8 Å². The molecule has 2 aliphatic heterocycles. The van der Waals surface area contributed by atoms with Crippen molar-refractivity contribution in [2.45, 2.75) is 44.2 Å². The minimum absolute atomic E-state index is 0.144. The number of nitrogens with one attached hydrogen (secondary N) is 2. The van der Waals surface area contributed by atoms with Crippen LogP contribution in [0.3, 0.4) is 0 Å². The predicted octanol–water partition coefficient (Wildman–Crippen LogP) is 0.980. The minimum atomic E-state index is 0.144. The number of hydrogen-bond acceptors (Lipinski definition) is 7. The molecule has 2 aromatic heterocycles. The highest BCUT2D eigenvalue weighted by Crippen LogP contribution is 2.43. The lowest BCUT2D eigenvalue weighted by atomic mass is 9.73. The van der Waals surface area contributed by atoms with E-state index < -0.39 is 0 Å². The first-order valence-corrected chi connectivity index (χ1v) is 10.9. The van der Waals surface area contributed by atoms with E-state index in [0.717, 1.165) is 50.5 Å². The molecule has 1 aliphatic carbocycles. The second kappa shape index (κ2) is 7.96. The predicted molar refractivity (Wildman–Crippen MR) is 113 cm³/mol. The number of hydrogen-bond donors (Lipinski definition) is 2. The highest BCUT2D eigenvalue weighted by Gasteiger charge is 2.42. The normalized spacial score (nSPS) is 29.1. The van der Waals surface area contributed by atoms with Gasteiger partial charge < -0.3 is 9.80 Å². The fraction of sp³-hybridized carbons (Fsp3) is 0.619. The first-order valence-electron chi connectivity index (χ1n) is 10.9. The maximum absolute atomic E-state index is 11.6. The van der Waals surface area contributed by atoms with Crippen molar-refractivity contribution in [3.8, 4) is 0 Å². The van der Waals surface area contributed by atoms with Crippen LogP contribution in [0.5, 0.6) is 0 Å². The summed E-state index contributed by atoms with van der Waals surface area (Å²) in [5.41, 5.74) is 9.41. The van der Waals surface area contributed by atoms with Crippen molar-refractivity contribution < 1.29 is 4.79 Å². The Morgan fingerprint density at radius 1 is 1.13 bits per heavy atom. The summed E-state index contributed by atoms with van der Waals surface area (Å²) in [4.78, 5) is 24.9. The third-order valence-electron chi connectivity index (χ3n) is 6.99. The number of nitrogens with zero attached hydrogens (tertiary/aromatic N) is 6. The molecule has 5 rings (SSSR count). The van der Waals surface area contributed by atoms with E-state index in [0.29, 0.717) is 17.9 Å². The van der Waals surface area contributed by atoms with Crippen LogP contribution < -0.4 is 15.8 Å². The Kier molecular flexibility index (Phi) is 5.16. The average Bonchev–Trinajstić information content (AvgIpc) is 3.39. The number of hydrazine groups is 1. The zero-order valence-electron chi connectivity index (χ0n) is 17.7. The third kappa shape index (κ3) is 3.67. The van der Waals surface area contributed by atoms with Crippen molar-refractivity contribution >= 4 is 11.7 Å². The molecule has 0 radical (unpaired) electrons. The highest BCUT2D eigenvalue weighted by atomic mass is 16.2. The van der Waals surface area contributed by atoms with E-state index in [4.69, 9.17) is 0 Å². The summed E-state index contributed by atoms with van der Waals surface area (Å²) in [5, 5.41) is 4.37. The summed E-state index contributed by atoms with van der Waals surface area (Å²) in [5.74, 6) is 2.13. The molecular formula is C21H30N8O. The van der Waals surface area contributed by atoms with E-state index in [1.165, 1.54) is 12.0 Å². The van der Waals surface area contributed by atoms with Crippen LogP contribution >= 0.6 is 0 Å². The van der Waals surface area contributed by atoms with E-state index in [9.17, 15) is 4.79 Å². The summed E-state index contributed by atoms with van der Waals surface area (Å²) in [7, 11) is 1.98. The van der Waals surface area contributed by atoms with Crippen LogP contribution in [0.1, 0.15) is 49.4 Å². The highest BCUT2D eigenvalue weighted by molar-refractivity contribution is 5.73. The fourth-order valence-electron chi connectivity index (χ4n) is 5.26. The molecule has 3 fully saturated rings. The number of fused-ring (bicyclic) bond motifs is 1. The van der Waals surface area contributed by atoms with Gasteiger partial charge in [0.1, 0.15) is 12.1 Å². The number of anilines is 1. The Morgan fingerprint density at radius 2 is 1.97 bits per heavy atom. The topological polar surface area (TPSA) is 91.2 Å². The van der Waals surface area contributed by atoms with Gasteiger partial charge in [0.2, 0.25) is 5.91 Å². The van der Waals surface area contributed by atoms with Gasteiger partial charge in [0.05, 0.1) is 17.9 Å². The number of aromatic nitrogens is 4. The van der Waals surface area contributed by atoms with Crippen molar-refractivity contribution in [1.29, 1.82) is 0 Å². The van der Waals surface area contributed by atoms with Gasteiger partial charge >= 0.3 is 0 Å². The van der Waals surface area contributed by atoms with Crippen LogP contribution in [0.2, 0.25) is 0 Å². The standard InChI is InChI=1S/C21H30N8O/c1-14(30)28-5-7-29(8-6-28)20-10-19(22-13-23-20)21-17-9-15(3-4-18(17)25-26-21)16-11-24-27(2)12-16/h10-13,15,17-18,21,25-26H,3-9H2,1-2H3. The van der Waals surface area contributed by atoms with Gasteiger partial charge in [0.25, 0.3) is 0 Å². The Bertz CT molecular complexity index is 906. The average molecular weight is 411 g/mol. The monoisotopic (exact) mass is 410 g/mol. The lowest BCUT2D eigenvalue weighted by molar-refractivity contribution is -0.129. The summed E-state index contributed by atoms with van der Waals surface area (Å²) in [6, 6.07) is 2.77. The largest absolute Gasteiger partial charge is 0.353 e. The van der Waals surface area contributed by atoms with E-state index in [1.807, 2.05) is 22.8 Å². The van der Waals surface area contributed by atoms with E-state index in [-0.39, 0.29) is 11.9 Å². The first-order chi connectivity index (χ1) is 14.6. The van der Waals surface area contributed by atoms with Gasteiger partial charge in [-0.25, -0.2) is 15.4 Å². The van der Waals surface area contributed by atoms with Crippen LogP contribution in [-0.2, 0) is 11.8 Å². The van der Waals surface area contributed by atoms with Crippen LogP contribution in [0.15, 0.2) is 24.8 Å². The van der Waals surface area contributed by atoms with Crippen LogP contribution in [0.25, 0.3) is 0 Å². The van der Waals surface area contributed by atoms with Crippen LogP contribution in [0.4, 0.5) is 5.82 Å². The smallest absolute Gasteiger partial charge is 0.219 e. The van der Waals surface area contributed by atoms with Crippen molar-refractivity contribution in [2.75, 3.05) is 31.1 Å². The van der Waals surface area contributed by atoms with Gasteiger partial charge in [-0.05, 0) is 36.7 Å². The number of rotatable bonds is 3. The number of piperazine rings is 1. The van der Waals surface area contributed by atoms with Crippen molar-refractivity contribution in [3.05, 3.63) is 36.0 Å². The molecule has 160 valence electrons. The molecule has 9 heteroatoms. The molecule has 30 heavy (non-hydrogen) atoms. The molecule has 0 aromatic carbocycles. The van der Waals surface area contributed by atoms with Crippen molar-refractivity contribution in [3.63, 3.8) is 0 Å². The Balaban J connectivity index is 1.31. The van der Waals surface area contributed by atoms with Gasteiger partial charge in [-0.15, -0.1) is 0 Å². The van der Waals surface area contributed by atoms with Gasteiger partial charge in [-0.3, -0.25) is 14.9 Å². The van der Waals surface area contributed by atoms with Gasteiger partial charge in [-0.1, -0.05) is 0 Å². The summed E-state index contributed by atoms with van der Waals surface area (Å²) in [6.07, 6.45) is 9.30. The van der Waals surface area contributed by atoms with Gasteiger partial charge in [0, 0.05) is 58.5 Å². The number of aryl methyl sites for hydroxylation is 1. The number of carbonyl (C=O) groups is 1. The molecule has 0 bridgehead atoms. The van der Waals surface area contributed by atoms with Crippen molar-refractivity contribution in [2.24, 2.45) is 13.0 Å². The number of amides is 1. The van der Waals surface area contributed by atoms with Crippen molar-refractivity contribution in [1.82, 2.24) is 35.5 Å². The molecule has 1 saturated carbocycles. The molecule has 2 saturated heterocycles. The van der Waals surface area contributed by atoms with E-state index in [2.05, 4.69) is 43.1 Å². The maximum atomic E-state index is 11.6. The molecule has 1 amide bonds.